The summed E-state index contributed by atoms with van der Waals surface area (Å²) in [6.07, 6.45) is 4.76. The molecule has 1 amide bonds. The molecule has 1 aromatic carbocycles. The van der Waals surface area contributed by atoms with Crippen LogP contribution in [0, 0.1) is 18.2 Å². The van der Waals surface area contributed by atoms with Gasteiger partial charge in [-0.1, -0.05) is 6.07 Å². The standard InChI is InChI=1S/C14H14FNO4/c1-3-4-11(14(18)19)16-13(17)8-9-5-6-12(20-2)10(15)7-9/h1,5-7,11H,4,8H2,2H3,(H,16,17)(H,18,19). The number of nitrogens with one attached hydrogen (secondary N) is 1. The van der Waals surface area contributed by atoms with Gasteiger partial charge in [0.15, 0.2) is 11.6 Å². The number of halogens is 1. The molecule has 5 nitrogen and oxygen atoms in total. The molecule has 0 aliphatic heterocycles. The zero-order chi connectivity index (χ0) is 15.1. The molecular formula is C14H14FNO4. The van der Waals surface area contributed by atoms with E-state index in [0.717, 1.165) is 6.07 Å². The van der Waals surface area contributed by atoms with E-state index < -0.39 is 23.7 Å². The number of carboxylic acids is 1. The zero-order valence-electron chi connectivity index (χ0n) is 10.9. The highest BCUT2D eigenvalue weighted by molar-refractivity contribution is 5.85. The highest BCUT2D eigenvalue weighted by Crippen LogP contribution is 2.17. The molecule has 20 heavy (non-hydrogen) atoms. The fourth-order valence-electron chi connectivity index (χ4n) is 1.57. The predicted molar refractivity (Wildman–Crippen MR) is 69.7 cm³/mol. The van der Waals surface area contributed by atoms with E-state index in [9.17, 15) is 14.0 Å². The Morgan fingerprint density at radius 1 is 1.55 bits per heavy atom. The Labute approximate surface area is 115 Å². The molecule has 2 N–H and O–H groups in total. The molecule has 0 spiro atoms. The number of ether oxygens (including phenoxy) is 1. The third-order valence-electron chi connectivity index (χ3n) is 2.54. The van der Waals surface area contributed by atoms with Crippen LogP contribution in [0.15, 0.2) is 18.2 Å². The second kappa shape index (κ2) is 7.14. The van der Waals surface area contributed by atoms with Gasteiger partial charge in [-0.3, -0.25) is 4.79 Å². The highest BCUT2D eigenvalue weighted by Gasteiger charge is 2.19. The number of aliphatic carboxylic acids is 1. The van der Waals surface area contributed by atoms with Crippen LogP contribution >= 0.6 is 0 Å². The van der Waals surface area contributed by atoms with Crippen molar-refractivity contribution in [1.82, 2.24) is 5.32 Å². The second-order valence-electron chi connectivity index (χ2n) is 4.01. The number of hydrogen-bond donors (Lipinski definition) is 2. The minimum atomic E-state index is -1.21. The quantitative estimate of drug-likeness (QED) is 0.761. The van der Waals surface area contributed by atoms with Gasteiger partial charge in [0, 0.05) is 6.42 Å². The summed E-state index contributed by atoms with van der Waals surface area (Å²) < 4.78 is 18.2. The van der Waals surface area contributed by atoms with Gasteiger partial charge in [0.1, 0.15) is 6.04 Å². The van der Waals surface area contributed by atoms with Gasteiger partial charge >= 0.3 is 5.97 Å². The van der Waals surface area contributed by atoms with Gasteiger partial charge in [-0.05, 0) is 17.7 Å². The molecule has 1 rings (SSSR count). The number of amides is 1. The van der Waals surface area contributed by atoms with E-state index in [-0.39, 0.29) is 18.6 Å². The van der Waals surface area contributed by atoms with E-state index in [2.05, 4.69) is 11.2 Å². The SMILES string of the molecule is C#CCC(NC(=O)Cc1ccc(OC)c(F)c1)C(=O)O. The number of carboxylic acid groups (broad SMARTS) is 1. The maximum absolute atomic E-state index is 13.4. The molecule has 0 bridgehead atoms. The van der Waals surface area contributed by atoms with Crippen molar-refractivity contribution in [3.8, 4) is 18.1 Å². The first kappa shape index (κ1) is 15.5. The molecule has 0 heterocycles. The van der Waals surface area contributed by atoms with Crippen molar-refractivity contribution in [2.24, 2.45) is 0 Å². The maximum atomic E-state index is 13.4. The molecule has 0 aliphatic rings. The lowest BCUT2D eigenvalue weighted by atomic mass is 10.1. The van der Waals surface area contributed by atoms with Crippen LogP contribution in [-0.4, -0.2) is 30.1 Å². The van der Waals surface area contributed by atoms with Crippen LogP contribution in [0.3, 0.4) is 0 Å². The Morgan fingerprint density at radius 3 is 2.75 bits per heavy atom. The molecule has 1 atom stereocenters. The molecule has 0 aromatic heterocycles. The van der Waals surface area contributed by atoms with Gasteiger partial charge in [0.25, 0.3) is 0 Å². The smallest absolute Gasteiger partial charge is 0.327 e. The lowest BCUT2D eigenvalue weighted by Crippen LogP contribution is -2.41. The van der Waals surface area contributed by atoms with Gasteiger partial charge in [-0.25, -0.2) is 9.18 Å². The second-order valence-corrected chi connectivity index (χ2v) is 4.01. The number of carbonyl (C=O) groups excluding carboxylic acids is 1. The van der Waals surface area contributed by atoms with Crippen molar-refractivity contribution in [2.45, 2.75) is 18.9 Å². The molecule has 0 fully saturated rings. The highest BCUT2D eigenvalue weighted by atomic mass is 19.1. The third kappa shape index (κ3) is 4.28. The average molecular weight is 279 g/mol. The fourth-order valence-corrected chi connectivity index (χ4v) is 1.57. The monoisotopic (exact) mass is 279 g/mol. The Balaban J connectivity index is 2.69. The number of terminal acetylenes is 1. The number of rotatable bonds is 6. The first-order valence-electron chi connectivity index (χ1n) is 5.76. The van der Waals surface area contributed by atoms with Crippen molar-refractivity contribution in [1.29, 1.82) is 0 Å². The van der Waals surface area contributed by atoms with Crippen LogP contribution in [0.1, 0.15) is 12.0 Å². The molecular weight excluding hydrogens is 265 g/mol. The van der Waals surface area contributed by atoms with Gasteiger partial charge < -0.3 is 15.2 Å². The maximum Gasteiger partial charge on any atom is 0.327 e. The van der Waals surface area contributed by atoms with Crippen molar-refractivity contribution in [3.05, 3.63) is 29.6 Å². The van der Waals surface area contributed by atoms with E-state index >= 15 is 0 Å². The van der Waals surface area contributed by atoms with Gasteiger partial charge in [0.05, 0.1) is 13.5 Å². The van der Waals surface area contributed by atoms with E-state index in [4.69, 9.17) is 16.3 Å². The predicted octanol–water partition coefficient (Wildman–Crippen LogP) is 0.970. The Hall–Kier alpha value is -2.55. The lowest BCUT2D eigenvalue weighted by Gasteiger charge is -2.12. The van der Waals surface area contributed by atoms with Crippen molar-refractivity contribution >= 4 is 11.9 Å². The van der Waals surface area contributed by atoms with Gasteiger partial charge in [-0.15, -0.1) is 12.3 Å². The topological polar surface area (TPSA) is 75.6 Å². The van der Waals surface area contributed by atoms with Crippen molar-refractivity contribution in [2.75, 3.05) is 7.11 Å². The summed E-state index contributed by atoms with van der Waals surface area (Å²) in [6, 6.07) is 2.94. The van der Waals surface area contributed by atoms with E-state index in [0.29, 0.717) is 5.56 Å². The van der Waals surface area contributed by atoms with Crippen LogP contribution < -0.4 is 10.1 Å². The lowest BCUT2D eigenvalue weighted by molar-refractivity contribution is -0.141. The summed E-state index contributed by atoms with van der Waals surface area (Å²) in [6.45, 7) is 0. The third-order valence-corrected chi connectivity index (χ3v) is 2.54. The number of benzene rings is 1. The Kier molecular flexibility index (Phi) is 5.54. The fraction of sp³-hybridized carbons (Fsp3) is 0.286. The zero-order valence-corrected chi connectivity index (χ0v) is 10.9. The summed E-state index contributed by atoms with van der Waals surface area (Å²) in [5, 5.41) is 11.1. The van der Waals surface area contributed by atoms with Gasteiger partial charge in [-0.2, -0.15) is 0 Å². The van der Waals surface area contributed by atoms with E-state index in [1.54, 1.807) is 0 Å². The number of carbonyl (C=O) groups is 2. The first-order valence-corrected chi connectivity index (χ1v) is 5.76. The van der Waals surface area contributed by atoms with Crippen LogP contribution in [0.25, 0.3) is 0 Å². The summed E-state index contributed by atoms with van der Waals surface area (Å²) in [7, 11) is 1.34. The average Bonchev–Trinajstić information content (AvgIpc) is 2.38. The summed E-state index contributed by atoms with van der Waals surface area (Å²) >= 11 is 0. The molecule has 0 saturated heterocycles. The Bertz CT molecular complexity index is 551. The molecule has 6 heteroatoms. The van der Waals surface area contributed by atoms with Crippen molar-refractivity contribution in [3.63, 3.8) is 0 Å². The van der Waals surface area contributed by atoms with Crippen LogP contribution in [0.4, 0.5) is 4.39 Å². The number of methoxy groups -OCH3 is 1. The van der Waals surface area contributed by atoms with E-state index in [1.165, 1.54) is 19.2 Å². The van der Waals surface area contributed by atoms with Crippen LogP contribution in [0.2, 0.25) is 0 Å². The minimum absolute atomic E-state index is 0.0740. The Morgan fingerprint density at radius 2 is 2.25 bits per heavy atom. The molecule has 1 unspecified atom stereocenters. The number of hydrogen-bond acceptors (Lipinski definition) is 3. The normalized spacial score (nSPS) is 11.2. The minimum Gasteiger partial charge on any atom is -0.494 e. The molecule has 106 valence electrons. The largest absolute Gasteiger partial charge is 0.494 e. The molecule has 0 saturated carbocycles. The van der Waals surface area contributed by atoms with E-state index in [1.807, 2.05) is 0 Å². The van der Waals surface area contributed by atoms with Crippen LogP contribution in [0.5, 0.6) is 5.75 Å². The molecule has 0 radical (unpaired) electrons. The van der Waals surface area contributed by atoms with Gasteiger partial charge in [0.2, 0.25) is 5.91 Å². The van der Waals surface area contributed by atoms with Crippen LogP contribution in [-0.2, 0) is 16.0 Å². The molecule has 1 aromatic rings. The summed E-state index contributed by atoms with van der Waals surface area (Å²) in [5.74, 6) is -0.0976. The van der Waals surface area contributed by atoms with Crippen molar-refractivity contribution < 1.29 is 23.8 Å². The summed E-state index contributed by atoms with van der Waals surface area (Å²) in [4.78, 5) is 22.5. The summed E-state index contributed by atoms with van der Waals surface area (Å²) in [5.41, 5.74) is 0.408. The first-order chi connectivity index (χ1) is 9.47. The molecule has 0 aliphatic carbocycles.